The summed E-state index contributed by atoms with van der Waals surface area (Å²) in [5, 5.41) is 1.17. The fourth-order valence-electron chi connectivity index (χ4n) is 3.65. The van der Waals surface area contributed by atoms with Crippen molar-refractivity contribution in [2.45, 2.75) is 6.42 Å². The van der Waals surface area contributed by atoms with E-state index in [1.807, 2.05) is 29.2 Å². The van der Waals surface area contributed by atoms with Crippen molar-refractivity contribution >= 4 is 34.9 Å². The first-order chi connectivity index (χ1) is 15.9. The normalized spacial score (nSPS) is 14.3. The van der Waals surface area contributed by atoms with Crippen molar-refractivity contribution < 1.29 is 9.53 Å². The number of nitrogens with two attached hydrogens (primary N) is 1. The van der Waals surface area contributed by atoms with E-state index in [1.54, 1.807) is 24.4 Å². The zero-order chi connectivity index (χ0) is 23.4. The third-order valence-electron chi connectivity index (χ3n) is 5.62. The minimum absolute atomic E-state index is 0.0152. The van der Waals surface area contributed by atoms with Crippen molar-refractivity contribution in [3.63, 3.8) is 0 Å². The molecule has 3 aromatic rings. The van der Waals surface area contributed by atoms with Gasteiger partial charge in [0.15, 0.2) is 5.82 Å². The summed E-state index contributed by atoms with van der Waals surface area (Å²) in [4.78, 5) is 25.8. The van der Waals surface area contributed by atoms with Crippen molar-refractivity contribution in [2.75, 3.05) is 45.6 Å². The largest absolute Gasteiger partial charge is 0.475 e. The van der Waals surface area contributed by atoms with Crippen LogP contribution >= 0.6 is 23.2 Å². The lowest BCUT2D eigenvalue weighted by Crippen LogP contribution is -2.47. The zero-order valence-electron chi connectivity index (χ0n) is 18.3. The minimum atomic E-state index is 0.0152. The van der Waals surface area contributed by atoms with Crippen LogP contribution in [0.25, 0.3) is 11.3 Å². The molecule has 7 nitrogen and oxygen atoms in total. The standard InChI is InChI=1S/C24H25Cl2N5O2/c1-30-9-11-31(12-10-30)24(32)17-5-2-4-16(14-17)21-15-28-22(27)23(29-21)33-13-8-18-19(25)6-3-7-20(18)26/h2-7,14-15H,8-13H2,1H3,(H2,27,28). The summed E-state index contributed by atoms with van der Waals surface area (Å²) in [6.45, 7) is 3.46. The number of anilines is 1. The van der Waals surface area contributed by atoms with Gasteiger partial charge in [0.1, 0.15) is 0 Å². The average Bonchev–Trinajstić information content (AvgIpc) is 2.82. The molecule has 0 saturated carbocycles. The lowest BCUT2D eigenvalue weighted by Gasteiger charge is -2.32. The minimum Gasteiger partial charge on any atom is -0.475 e. The van der Waals surface area contributed by atoms with Crippen molar-refractivity contribution in [3.8, 4) is 17.1 Å². The first-order valence-corrected chi connectivity index (χ1v) is 11.4. The number of aromatic nitrogens is 2. The van der Waals surface area contributed by atoms with Gasteiger partial charge in [0.05, 0.1) is 18.5 Å². The second kappa shape index (κ2) is 10.4. The molecule has 0 aliphatic carbocycles. The Morgan fingerprint density at radius 3 is 2.52 bits per heavy atom. The molecule has 2 heterocycles. The van der Waals surface area contributed by atoms with Gasteiger partial charge in [-0.2, -0.15) is 0 Å². The summed E-state index contributed by atoms with van der Waals surface area (Å²) in [5.41, 5.74) is 8.74. The Morgan fingerprint density at radius 2 is 1.79 bits per heavy atom. The van der Waals surface area contributed by atoms with Gasteiger partial charge < -0.3 is 20.3 Å². The Hall–Kier alpha value is -2.87. The molecular weight excluding hydrogens is 461 g/mol. The molecule has 9 heteroatoms. The van der Waals surface area contributed by atoms with E-state index in [0.29, 0.717) is 40.8 Å². The summed E-state index contributed by atoms with van der Waals surface area (Å²) in [7, 11) is 2.06. The third kappa shape index (κ3) is 5.55. The van der Waals surface area contributed by atoms with Crippen LogP contribution in [-0.4, -0.2) is 65.5 Å². The van der Waals surface area contributed by atoms with Crippen LogP contribution < -0.4 is 10.5 Å². The molecule has 1 fully saturated rings. The number of likely N-dealkylation sites (N-methyl/N-ethyl adjacent to an activating group) is 1. The zero-order valence-corrected chi connectivity index (χ0v) is 19.8. The Kier molecular flexibility index (Phi) is 7.33. The number of amides is 1. The van der Waals surface area contributed by atoms with Crippen molar-refractivity contribution in [1.29, 1.82) is 0 Å². The topological polar surface area (TPSA) is 84.6 Å². The van der Waals surface area contributed by atoms with Gasteiger partial charge in [0.2, 0.25) is 0 Å². The Balaban J connectivity index is 1.48. The van der Waals surface area contributed by atoms with Crippen LogP contribution in [0.2, 0.25) is 10.0 Å². The Labute approximate surface area is 203 Å². The number of halogens is 2. The van der Waals surface area contributed by atoms with Crippen LogP contribution in [0.4, 0.5) is 5.82 Å². The molecular formula is C24H25Cl2N5O2. The van der Waals surface area contributed by atoms with Crippen molar-refractivity contribution in [3.05, 3.63) is 69.8 Å². The molecule has 4 rings (SSSR count). The van der Waals surface area contributed by atoms with E-state index in [0.717, 1.165) is 24.2 Å². The molecule has 33 heavy (non-hydrogen) atoms. The smallest absolute Gasteiger partial charge is 0.257 e. The van der Waals surface area contributed by atoms with Crippen LogP contribution in [0.1, 0.15) is 15.9 Å². The SMILES string of the molecule is CN1CCN(C(=O)c2cccc(-c3cnc(N)c(OCCc4c(Cl)cccc4Cl)n3)c2)CC1. The van der Waals surface area contributed by atoms with Crippen molar-refractivity contribution in [2.24, 2.45) is 0 Å². The monoisotopic (exact) mass is 485 g/mol. The molecule has 0 atom stereocenters. The number of carbonyl (C=O) groups excluding carboxylic acids is 1. The third-order valence-corrected chi connectivity index (χ3v) is 6.32. The highest BCUT2D eigenvalue weighted by molar-refractivity contribution is 6.36. The number of ether oxygens (including phenoxy) is 1. The van der Waals surface area contributed by atoms with Gasteiger partial charge >= 0.3 is 0 Å². The number of rotatable bonds is 6. The number of nitrogen functional groups attached to an aromatic ring is 1. The molecule has 2 N–H and O–H groups in total. The van der Waals surface area contributed by atoms with Crippen LogP contribution in [0.3, 0.4) is 0 Å². The molecule has 1 amide bonds. The molecule has 1 aromatic heterocycles. The summed E-state index contributed by atoms with van der Waals surface area (Å²) in [6, 6.07) is 12.7. The average molecular weight is 486 g/mol. The predicted molar refractivity (Wildman–Crippen MR) is 131 cm³/mol. The highest BCUT2D eigenvalue weighted by Crippen LogP contribution is 2.27. The predicted octanol–water partition coefficient (Wildman–Crippen LogP) is 4.04. The molecule has 0 radical (unpaired) electrons. The maximum atomic E-state index is 12.9. The van der Waals surface area contributed by atoms with Crippen molar-refractivity contribution in [1.82, 2.24) is 19.8 Å². The molecule has 1 aliphatic rings. The molecule has 1 saturated heterocycles. The summed E-state index contributed by atoms with van der Waals surface area (Å²) >= 11 is 12.5. The molecule has 1 aliphatic heterocycles. The maximum Gasteiger partial charge on any atom is 0.257 e. The van der Waals surface area contributed by atoms with E-state index in [2.05, 4.69) is 21.9 Å². The first-order valence-electron chi connectivity index (χ1n) is 10.7. The second-order valence-electron chi connectivity index (χ2n) is 7.92. The number of carbonyl (C=O) groups is 1. The highest BCUT2D eigenvalue weighted by atomic mass is 35.5. The number of hydrogen-bond acceptors (Lipinski definition) is 6. The number of hydrogen-bond donors (Lipinski definition) is 1. The number of piperazine rings is 1. The van der Waals surface area contributed by atoms with Gasteiger partial charge in [-0.15, -0.1) is 0 Å². The van der Waals surface area contributed by atoms with Gasteiger partial charge in [-0.3, -0.25) is 4.79 Å². The van der Waals surface area contributed by atoms with E-state index < -0.39 is 0 Å². The molecule has 2 aromatic carbocycles. The van der Waals surface area contributed by atoms with Crippen LogP contribution in [0, 0.1) is 0 Å². The fraction of sp³-hybridized carbons (Fsp3) is 0.292. The number of nitrogens with zero attached hydrogens (tertiary/aromatic N) is 4. The summed E-state index contributed by atoms with van der Waals surface area (Å²) < 4.78 is 5.80. The summed E-state index contributed by atoms with van der Waals surface area (Å²) in [6.07, 6.45) is 2.07. The summed E-state index contributed by atoms with van der Waals surface area (Å²) in [5.74, 6) is 0.432. The van der Waals surface area contributed by atoms with E-state index in [-0.39, 0.29) is 24.2 Å². The Bertz CT molecular complexity index is 1130. The van der Waals surface area contributed by atoms with Gasteiger partial charge in [-0.1, -0.05) is 41.4 Å². The maximum absolute atomic E-state index is 12.9. The van der Waals surface area contributed by atoms with Gasteiger partial charge in [-0.25, -0.2) is 9.97 Å². The van der Waals surface area contributed by atoms with Gasteiger partial charge in [0, 0.05) is 53.8 Å². The molecule has 0 unspecified atom stereocenters. The van der Waals surface area contributed by atoms with Gasteiger partial charge in [0.25, 0.3) is 11.8 Å². The van der Waals surface area contributed by atoms with E-state index in [9.17, 15) is 4.79 Å². The molecule has 172 valence electrons. The van der Waals surface area contributed by atoms with Gasteiger partial charge in [-0.05, 0) is 36.9 Å². The van der Waals surface area contributed by atoms with E-state index >= 15 is 0 Å². The number of benzene rings is 2. The van der Waals surface area contributed by atoms with Crippen LogP contribution in [0.15, 0.2) is 48.7 Å². The van der Waals surface area contributed by atoms with E-state index in [4.69, 9.17) is 33.7 Å². The lowest BCUT2D eigenvalue weighted by molar-refractivity contribution is 0.0664. The van der Waals surface area contributed by atoms with E-state index in [1.165, 1.54) is 0 Å². The Morgan fingerprint density at radius 1 is 1.09 bits per heavy atom. The highest BCUT2D eigenvalue weighted by Gasteiger charge is 2.21. The molecule has 0 bridgehead atoms. The molecule has 0 spiro atoms. The quantitative estimate of drug-likeness (QED) is 0.566. The lowest BCUT2D eigenvalue weighted by atomic mass is 10.1. The second-order valence-corrected chi connectivity index (χ2v) is 8.73. The first kappa shape index (κ1) is 23.3. The fourth-order valence-corrected chi connectivity index (χ4v) is 4.24. The van der Waals surface area contributed by atoms with Crippen LogP contribution in [0.5, 0.6) is 5.88 Å². The van der Waals surface area contributed by atoms with Crippen LogP contribution in [-0.2, 0) is 6.42 Å².